The third-order valence-corrected chi connectivity index (χ3v) is 4.58. The SMILES string of the molecule is Cc1ccc(-n2nc(C)c3c2NC(=O)CC3c2nc[nH]c2C)cc1. The van der Waals surface area contributed by atoms with Crippen molar-refractivity contribution in [3.8, 4) is 5.69 Å². The molecular formula is C18H19N5O. The summed E-state index contributed by atoms with van der Waals surface area (Å²) < 4.78 is 1.82. The van der Waals surface area contributed by atoms with E-state index in [9.17, 15) is 4.79 Å². The van der Waals surface area contributed by atoms with Gasteiger partial charge in [-0.3, -0.25) is 4.79 Å². The second-order valence-corrected chi connectivity index (χ2v) is 6.31. The number of amides is 1. The summed E-state index contributed by atoms with van der Waals surface area (Å²) in [6.07, 6.45) is 2.07. The maximum atomic E-state index is 12.3. The van der Waals surface area contributed by atoms with Gasteiger partial charge in [-0.25, -0.2) is 9.67 Å². The van der Waals surface area contributed by atoms with Crippen LogP contribution in [0.5, 0.6) is 0 Å². The lowest BCUT2D eigenvalue weighted by Gasteiger charge is -2.23. The molecular weight excluding hydrogens is 302 g/mol. The van der Waals surface area contributed by atoms with Gasteiger partial charge in [0.15, 0.2) is 0 Å². The fourth-order valence-corrected chi connectivity index (χ4v) is 3.37. The summed E-state index contributed by atoms with van der Waals surface area (Å²) in [6.45, 7) is 6.01. The summed E-state index contributed by atoms with van der Waals surface area (Å²) in [5.74, 6) is 0.669. The number of rotatable bonds is 2. The number of hydrogen-bond acceptors (Lipinski definition) is 3. The van der Waals surface area contributed by atoms with Gasteiger partial charge in [-0.15, -0.1) is 0 Å². The Labute approximate surface area is 139 Å². The molecule has 4 rings (SSSR count). The molecule has 0 saturated carbocycles. The maximum Gasteiger partial charge on any atom is 0.226 e. The van der Waals surface area contributed by atoms with E-state index >= 15 is 0 Å². The number of H-pyrrole nitrogens is 1. The molecule has 3 heterocycles. The van der Waals surface area contributed by atoms with Crippen LogP contribution < -0.4 is 5.32 Å². The highest BCUT2D eigenvalue weighted by atomic mass is 16.1. The lowest BCUT2D eigenvalue weighted by molar-refractivity contribution is -0.116. The Bertz CT molecular complexity index is 920. The Morgan fingerprint density at radius 3 is 2.58 bits per heavy atom. The van der Waals surface area contributed by atoms with E-state index in [4.69, 9.17) is 0 Å². The number of fused-ring (bicyclic) bond motifs is 1. The van der Waals surface area contributed by atoms with Crippen molar-refractivity contribution in [2.45, 2.75) is 33.1 Å². The van der Waals surface area contributed by atoms with Crippen molar-refractivity contribution in [3.05, 3.63) is 58.8 Å². The molecule has 6 heteroatoms. The fourth-order valence-electron chi connectivity index (χ4n) is 3.37. The van der Waals surface area contributed by atoms with Crippen LogP contribution in [0.4, 0.5) is 5.82 Å². The van der Waals surface area contributed by atoms with Crippen LogP contribution in [0.2, 0.25) is 0 Å². The van der Waals surface area contributed by atoms with Crippen molar-refractivity contribution < 1.29 is 4.79 Å². The molecule has 1 aliphatic rings. The summed E-state index contributed by atoms with van der Waals surface area (Å²) in [5.41, 5.74) is 5.99. The van der Waals surface area contributed by atoms with Crippen LogP contribution in [0.3, 0.4) is 0 Å². The fraction of sp³-hybridized carbons (Fsp3) is 0.278. The second kappa shape index (κ2) is 5.33. The lowest BCUT2D eigenvalue weighted by atomic mass is 9.88. The van der Waals surface area contributed by atoms with Gasteiger partial charge in [0.2, 0.25) is 5.91 Å². The Hall–Kier alpha value is -2.89. The number of carbonyl (C=O) groups excluding carboxylic acids is 1. The van der Waals surface area contributed by atoms with Crippen LogP contribution in [0.1, 0.15) is 40.5 Å². The first-order valence-electron chi connectivity index (χ1n) is 8.01. The zero-order valence-corrected chi connectivity index (χ0v) is 13.9. The summed E-state index contributed by atoms with van der Waals surface area (Å²) in [5, 5.41) is 7.68. The first-order chi connectivity index (χ1) is 11.5. The number of nitrogens with one attached hydrogen (secondary N) is 2. The molecule has 0 bridgehead atoms. The number of imidazole rings is 1. The van der Waals surface area contributed by atoms with Crippen molar-refractivity contribution in [3.63, 3.8) is 0 Å². The number of aromatic amines is 1. The largest absolute Gasteiger partial charge is 0.348 e. The normalized spacial score (nSPS) is 16.8. The zero-order chi connectivity index (χ0) is 16.8. The molecule has 0 radical (unpaired) electrons. The van der Waals surface area contributed by atoms with Crippen LogP contribution in [-0.4, -0.2) is 25.7 Å². The van der Waals surface area contributed by atoms with Gasteiger partial charge in [0, 0.05) is 23.6 Å². The predicted molar refractivity (Wildman–Crippen MR) is 91.5 cm³/mol. The number of aryl methyl sites for hydroxylation is 3. The third kappa shape index (κ3) is 2.22. The highest BCUT2D eigenvalue weighted by Crippen LogP contribution is 2.40. The van der Waals surface area contributed by atoms with E-state index in [1.54, 1.807) is 6.33 Å². The minimum absolute atomic E-state index is 0.0110. The third-order valence-electron chi connectivity index (χ3n) is 4.58. The number of carbonyl (C=O) groups is 1. The Balaban J connectivity index is 1.89. The predicted octanol–water partition coefficient (Wildman–Crippen LogP) is 2.99. The van der Waals surface area contributed by atoms with Crippen LogP contribution in [0, 0.1) is 20.8 Å². The maximum absolute atomic E-state index is 12.3. The number of benzene rings is 1. The standard InChI is InChI=1S/C18H19N5O/c1-10-4-6-13(7-5-10)23-18-16(11(2)22-23)14(8-15(24)21-18)17-12(3)19-9-20-17/h4-7,9,14H,8H2,1-3H3,(H,19,20)(H,21,24). The van der Waals surface area contributed by atoms with E-state index in [2.05, 4.69) is 20.4 Å². The highest BCUT2D eigenvalue weighted by molar-refractivity contribution is 5.95. The molecule has 2 N–H and O–H groups in total. The van der Waals surface area contributed by atoms with Crippen molar-refractivity contribution in [1.29, 1.82) is 0 Å². The van der Waals surface area contributed by atoms with E-state index in [-0.39, 0.29) is 11.8 Å². The minimum atomic E-state index is -0.0702. The first kappa shape index (κ1) is 14.7. The van der Waals surface area contributed by atoms with E-state index < -0.39 is 0 Å². The Morgan fingerprint density at radius 2 is 1.92 bits per heavy atom. The molecule has 0 fully saturated rings. The topological polar surface area (TPSA) is 75.6 Å². The summed E-state index contributed by atoms with van der Waals surface area (Å²) >= 11 is 0. The van der Waals surface area contributed by atoms with Crippen molar-refractivity contribution in [2.75, 3.05) is 5.32 Å². The van der Waals surface area contributed by atoms with Gasteiger partial charge in [0.25, 0.3) is 0 Å². The van der Waals surface area contributed by atoms with Crippen LogP contribution in [0.25, 0.3) is 5.69 Å². The number of anilines is 1. The molecule has 1 atom stereocenters. The molecule has 0 spiro atoms. The van der Waals surface area contributed by atoms with Gasteiger partial charge >= 0.3 is 0 Å². The van der Waals surface area contributed by atoms with Gasteiger partial charge in [0.1, 0.15) is 5.82 Å². The average molecular weight is 321 g/mol. The molecule has 1 unspecified atom stereocenters. The Morgan fingerprint density at radius 1 is 1.17 bits per heavy atom. The first-order valence-corrected chi connectivity index (χ1v) is 8.01. The molecule has 1 amide bonds. The molecule has 2 aromatic heterocycles. The van der Waals surface area contributed by atoms with Crippen LogP contribution in [-0.2, 0) is 4.79 Å². The number of nitrogens with zero attached hydrogens (tertiary/aromatic N) is 3. The zero-order valence-electron chi connectivity index (χ0n) is 13.9. The van der Waals surface area contributed by atoms with Gasteiger partial charge in [-0.2, -0.15) is 5.10 Å². The van der Waals surface area contributed by atoms with Crippen LogP contribution in [0.15, 0.2) is 30.6 Å². The molecule has 122 valence electrons. The van der Waals surface area contributed by atoms with Gasteiger partial charge < -0.3 is 10.3 Å². The molecule has 1 aliphatic heterocycles. The second-order valence-electron chi connectivity index (χ2n) is 6.31. The summed E-state index contributed by atoms with van der Waals surface area (Å²) in [6, 6.07) is 8.10. The van der Waals surface area contributed by atoms with E-state index in [0.29, 0.717) is 6.42 Å². The summed E-state index contributed by atoms with van der Waals surface area (Å²) in [4.78, 5) is 19.8. The van der Waals surface area contributed by atoms with Crippen LogP contribution >= 0.6 is 0 Å². The average Bonchev–Trinajstić information content (AvgIpc) is 3.11. The van der Waals surface area contributed by atoms with E-state index in [0.717, 1.165) is 34.2 Å². The smallest absolute Gasteiger partial charge is 0.226 e. The van der Waals surface area contributed by atoms with Gasteiger partial charge in [-0.1, -0.05) is 17.7 Å². The molecule has 3 aromatic rings. The molecule has 24 heavy (non-hydrogen) atoms. The number of aromatic nitrogens is 4. The van der Waals surface area contributed by atoms with E-state index in [1.807, 2.05) is 49.7 Å². The molecule has 0 saturated heterocycles. The minimum Gasteiger partial charge on any atom is -0.348 e. The quantitative estimate of drug-likeness (QED) is 0.762. The summed E-state index contributed by atoms with van der Waals surface area (Å²) in [7, 11) is 0. The van der Waals surface area contributed by atoms with Crippen molar-refractivity contribution in [1.82, 2.24) is 19.7 Å². The number of hydrogen-bond donors (Lipinski definition) is 2. The Kier molecular flexibility index (Phi) is 3.26. The van der Waals surface area contributed by atoms with Gasteiger partial charge in [-0.05, 0) is 32.9 Å². The van der Waals surface area contributed by atoms with Gasteiger partial charge in [0.05, 0.1) is 23.4 Å². The lowest BCUT2D eigenvalue weighted by Crippen LogP contribution is -2.25. The van der Waals surface area contributed by atoms with Crippen molar-refractivity contribution in [2.24, 2.45) is 0 Å². The highest BCUT2D eigenvalue weighted by Gasteiger charge is 2.34. The van der Waals surface area contributed by atoms with E-state index in [1.165, 1.54) is 5.56 Å². The molecule has 6 nitrogen and oxygen atoms in total. The van der Waals surface area contributed by atoms with Crippen molar-refractivity contribution >= 4 is 11.7 Å². The monoisotopic (exact) mass is 321 g/mol. The molecule has 1 aromatic carbocycles. The molecule has 0 aliphatic carbocycles.